The molecule has 1 saturated heterocycles. The maximum atomic E-state index is 13.7. The van der Waals surface area contributed by atoms with Crippen LogP contribution in [0.25, 0.3) is 21.5 Å². The number of amides is 1. The van der Waals surface area contributed by atoms with Gasteiger partial charge in [-0.2, -0.15) is 0 Å². The minimum Gasteiger partial charge on any atom is -0.340 e. The molecule has 1 amide bonds. The van der Waals surface area contributed by atoms with E-state index in [2.05, 4.69) is 38.2 Å². The number of aromatic amines is 1. The number of aryl methyl sites for hydroxylation is 1. The van der Waals surface area contributed by atoms with Crippen LogP contribution >= 0.6 is 39.0 Å². The van der Waals surface area contributed by atoms with Gasteiger partial charge in [-0.3, -0.25) is 4.79 Å². The minimum atomic E-state index is -0.0608. The third-order valence-electron chi connectivity index (χ3n) is 5.59. The van der Waals surface area contributed by atoms with Crippen LogP contribution in [-0.2, 0) is 0 Å². The van der Waals surface area contributed by atoms with Crippen molar-refractivity contribution in [3.8, 4) is 10.4 Å². The highest BCUT2D eigenvalue weighted by Crippen LogP contribution is 2.37. The molecule has 0 aliphatic carbocycles. The molecule has 31 heavy (non-hydrogen) atoms. The molecule has 4 aromatic rings. The van der Waals surface area contributed by atoms with Gasteiger partial charge < -0.3 is 9.88 Å². The zero-order valence-corrected chi connectivity index (χ0v) is 20.4. The highest BCUT2D eigenvalue weighted by Gasteiger charge is 2.35. The molecule has 1 unspecified atom stereocenters. The zero-order valence-electron chi connectivity index (χ0n) is 17.2. The van der Waals surface area contributed by atoms with Gasteiger partial charge >= 0.3 is 0 Å². The average Bonchev–Trinajstić information content (AvgIpc) is 3.50. The molecule has 3 heterocycles. The molecule has 0 radical (unpaired) electrons. The van der Waals surface area contributed by atoms with Crippen molar-refractivity contribution in [1.29, 1.82) is 0 Å². The Hall–Kier alpha value is -2.16. The van der Waals surface area contributed by atoms with Crippen molar-refractivity contribution in [2.45, 2.75) is 30.7 Å². The highest BCUT2D eigenvalue weighted by molar-refractivity contribution is 9.10. The Labute approximate surface area is 197 Å². The first-order valence-electron chi connectivity index (χ1n) is 10.1. The number of halogens is 1. The monoisotopic (exact) mass is 512 g/mol. The average molecular weight is 513 g/mol. The summed E-state index contributed by atoms with van der Waals surface area (Å²) < 4.78 is 1.01. The van der Waals surface area contributed by atoms with Gasteiger partial charge in [-0.1, -0.05) is 34.1 Å². The Balaban J connectivity index is 1.51. The number of para-hydroxylation sites is 1. The first-order valence-corrected chi connectivity index (χ1v) is 13.0. The molecule has 1 aliphatic rings. The SMILES string of the molecule is CSc1cccc2[nH]c(C3CCCN3C(=O)c3nc(C)sc3-c3ccc(Br)cc3)nc12. The van der Waals surface area contributed by atoms with Gasteiger partial charge in [-0.25, -0.2) is 9.97 Å². The molecular weight excluding hydrogens is 492 g/mol. The predicted molar refractivity (Wildman–Crippen MR) is 131 cm³/mol. The summed E-state index contributed by atoms with van der Waals surface area (Å²) in [5, 5.41) is 0.894. The third-order valence-corrected chi connectivity index (χ3v) is 7.90. The van der Waals surface area contributed by atoms with E-state index < -0.39 is 0 Å². The number of thiazole rings is 1. The summed E-state index contributed by atoms with van der Waals surface area (Å²) in [5.41, 5.74) is 3.55. The normalized spacial score (nSPS) is 16.4. The second-order valence-corrected chi connectivity index (χ2v) is 10.5. The van der Waals surface area contributed by atoms with Crippen LogP contribution < -0.4 is 0 Å². The number of benzene rings is 2. The molecule has 0 spiro atoms. The molecule has 5 rings (SSSR count). The summed E-state index contributed by atoms with van der Waals surface area (Å²) in [7, 11) is 0. The second-order valence-electron chi connectivity index (χ2n) is 7.55. The van der Waals surface area contributed by atoms with Crippen LogP contribution in [0.15, 0.2) is 51.8 Å². The van der Waals surface area contributed by atoms with Crippen molar-refractivity contribution >= 4 is 56.0 Å². The summed E-state index contributed by atoms with van der Waals surface area (Å²) in [6.07, 6.45) is 3.92. The Bertz CT molecular complexity index is 1260. The van der Waals surface area contributed by atoms with E-state index in [4.69, 9.17) is 4.98 Å². The fraction of sp³-hybridized carbons (Fsp3) is 0.261. The standard InChI is InChI=1S/C23H21BrN4OS2/c1-13-25-20(21(31-13)14-8-10-15(24)11-9-14)23(29)28-12-4-6-17(28)22-26-16-5-3-7-18(30-2)19(16)27-22/h3,5,7-11,17H,4,6,12H2,1-2H3,(H,26,27). The van der Waals surface area contributed by atoms with Crippen LogP contribution in [0.5, 0.6) is 0 Å². The van der Waals surface area contributed by atoms with Gasteiger partial charge in [-0.15, -0.1) is 23.1 Å². The van der Waals surface area contributed by atoms with Gasteiger partial charge in [0.05, 0.1) is 21.4 Å². The molecule has 1 atom stereocenters. The van der Waals surface area contributed by atoms with Gasteiger partial charge in [-0.05, 0) is 55.9 Å². The number of imidazole rings is 1. The van der Waals surface area contributed by atoms with E-state index in [-0.39, 0.29) is 11.9 Å². The van der Waals surface area contributed by atoms with Gasteiger partial charge in [0, 0.05) is 15.9 Å². The number of H-pyrrole nitrogens is 1. The van der Waals surface area contributed by atoms with E-state index in [1.54, 1.807) is 23.1 Å². The number of nitrogens with zero attached hydrogens (tertiary/aromatic N) is 3. The number of hydrogen-bond donors (Lipinski definition) is 1. The maximum Gasteiger partial charge on any atom is 0.274 e. The second kappa shape index (κ2) is 8.41. The first kappa shape index (κ1) is 20.7. The van der Waals surface area contributed by atoms with E-state index in [1.807, 2.05) is 48.2 Å². The molecule has 158 valence electrons. The van der Waals surface area contributed by atoms with Crippen LogP contribution in [0.4, 0.5) is 0 Å². The van der Waals surface area contributed by atoms with Crippen LogP contribution in [0.3, 0.4) is 0 Å². The van der Waals surface area contributed by atoms with Crippen molar-refractivity contribution in [3.63, 3.8) is 0 Å². The molecule has 5 nitrogen and oxygen atoms in total. The summed E-state index contributed by atoms with van der Waals surface area (Å²) in [5.74, 6) is 0.842. The quantitative estimate of drug-likeness (QED) is 0.319. The zero-order chi connectivity index (χ0) is 21.5. The third kappa shape index (κ3) is 3.81. The molecule has 2 aromatic carbocycles. The Morgan fingerprint density at radius 1 is 1.23 bits per heavy atom. The van der Waals surface area contributed by atoms with E-state index in [0.29, 0.717) is 12.2 Å². The summed E-state index contributed by atoms with van der Waals surface area (Å²) in [6, 6.07) is 14.1. The van der Waals surface area contributed by atoms with E-state index in [0.717, 1.165) is 54.5 Å². The molecule has 1 N–H and O–H groups in total. The number of thioether (sulfide) groups is 1. The summed E-state index contributed by atoms with van der Waals surface area (Å²) >= 11 is 6.74. The largest absolute Gasteiger partial charge is 0.340 e. The highest BCUT2D eigenvalue weighted by atomic mass is 79.9. The van der Waals surface area contributed by atoms with Crippen molar-refractivity contribution in [2.75, 3.05) is 12.8 Å². The smallest absolute Gasteiger partial charge is 0.274 e. The van der Waals surface area contributed by atoms with Crippen molar-refractivity contribution in [2.24, 2.45) is 0 Å². The number of hydrogen-bond acceptors (Lipinski definition) is 5. The number of carbonyl (C=O) groups excluding carboxylic acids is 1. The van der Waals surface area contributed by atoms with E-state index in [1.165, 1.54) is 0 Å². The molecule has 2 aromatic heterocycles. The minimum absolute atomic E-state index is 0.0182. The van der Waals surface area contributed by atoms with Gasteiger partial charge in [0.25, 0.3) is 5.91 Å². The Morgan fingerprint density at radius 2 is 2.03 bits per heavy atom. The van der Waals surface area contributed by atoms with Crippen molar-refractivity contribution < 1.29 is 4.79 Å². The van der Waals surface area contributed by atoms with Crippen LogP contribution in [0, 0.1) is 6.92 Å². The lowest BCUT2D eigenvalue weighted by Gasteiger charge is -2.22. The Kier molecular flexibility index (Phi) is 5.62. The molecule has 0 bridgehead atoms. The number of nitrogens with one attached hydrogen (secondary N) is 1. The van der Waals surface area contributed by atoms with E-state index >= 15 is 0 Å². The lowest BCUT2D eigenvalue weighted by molar-refractivity contribution is 0.0726. The summed E-state index contributed by atoms with van der Waals surface area (Å²) in [4.78, 5) is 30.7. The van der Waals surface area contributed by atoms with Crippen LogP contribution in [-0.4, -0.2) is 38.6 Å². The number of carbonyl (C=O) groups is 1. The van der Waals surface area contributed by atoms with Gasteiger partial charge in [0.15, 0.2) is 0 Å². The number of fused-ring (bicyclic) bond motifs is 1. The van der Waals surface area contributed by atoms with Crippen LogP contribution in [0.1, 0.15) is 40.2 Å². The topological polar surface area (TPSA) is 61.9 Å². The van der Waals surface area contributed by atoms with Gasteiger partial charge in [0.1, 0.15) is 17.0 Å². The van der Waals surface area contributed by atoms with Crippen molar-refractivity contribution in [3.05, 3.63) is 63.5 Å². The van der Waals surface area contributed by atoms with Gasteiger partial charge in [0.2, 0.25) is 0 Å². The molecular formula is C23H21BrN4OS2. The first-order chi connectivity index (χ1) is 15.0. The fourth-order valence-electron chi connectivity index (χ4n) is 4.15. The van der Waals surface area contributed by atoms with E-state index in [9.17, 15) is 4.79 Å². The fourth-order valence-corrected chi connectivity index (χ4v) is 5.89. The molecule has 0 saturated carbocycles. The number of aromatic nitrogens is 3. The Morgan fingerprint density at radius 3 is 2.81 bits per heavy atom. The van der Waals surface area contributed by atoms with Crippen LogP contribution in [0.2, 0.25) is 0 Å². The van der Waals surface area contributed by atoms with Crippen molar-refractivity contribution in [1.82, 2.24) is 19.9 Å². The number of rotatable bonds is 4. The number of likely N-dealkylation sites (tertiary alicyclic amines) is 1. The lowest BCUT2D eigenvalue weighted by Crippen LogP contribution is -2.31. The predicted octanol–water partition coefficient (Wildman–Crippen LogP) is 6.46. The lowest BCUT2D eigenvalue weighted by atomic mass is 10.1. The molecule has 1 fully saturated rings. The summed E-state index contributed by atoms with van der Waals surface area (Å²) in [6.45, 7) is 2.67. The maximum absolute atomic E-state index is 13.7. The molecule has 8 heteroatoms. The molecule has 1 aliphatic heterocycles.